The highest BCUT2D eigenvalue weighted by molar-refractivity contribution is 6.35. The molecule has 0 N–H and O–H groups in total. The second-order valence-electron chi connectivity index (χ2n) is 3.57. The highest BCUT2D eigenvalue weighted by atomic mass is 35.5. The van der Waals surface area contributed by atoms with Gasteiger partial charge in [-0.15, -0.1) is 0 Å². The summed E-state index contributed by atoms with van der Waals surface area (Å²) >= 11 is 11.2. The third-order valence-corrected chi connectivity index (χ3v) is 2.77. The second kappa shape index (κ2) is 4.42. The molecule has 0 atom stereocenters. The molecule has 0 aliphatic carbocycles. The summed E-state index contributed by atoms with van der Waals surface area (Å²) in [5, 5.41) is -0.198. The van der Waals surface area contributed by atoms with Gasteiger partial charge in [0.05, 0.1) is 5.52 Å². The number of hydrogen-bond donors (Lipinski definition) is 0. The zero-order valence-electron chi connectivity index (χ0n) is 8.77. The number of nitrogens with zero attached hydrogens (tertiary/aromatic N) is 2. The van der Waals surface area contributed by atoms with E-state index < -0.39 is 23.1 Å². The third kappa shape index (κ3) is 2.44. The largest absolute Gasteiger partial charge is 0.461 e. The quantitative estimate of drug-likeness (QED) is 0.568. The van der Waals surface area contributed by atoms with Gasteiger partial charge in [-0.25, -0.2) is 9.97 Å². The lowest BCUT2D eigenvalue weighted by Crippen LogP contribution is -2.35. The molecule has 0 fully saturated rings. The Balaban J connectivity index is 2.68. The van der Waals surface area contributed by atoms with Crippen LogP contribution in [0.25, 0.3) is 10.9 Å². The topological polar surface area (TPSA) is 25.8 Å². The van der Waals surface area contributed by atoms with Crippen LogP contribution in [0, 0.1) is 0 Å². The average Bonchev–Trinajstić information content (AvgIpc) is 2.28. The number of benzene rings is 1. The first-order valence-corrected chi connectivity index (χ1v) is 5.46. The average molecular weight is 317 g/mol. The van der Waals surface area contributed by atoms with Crippen molar-refractivity contribution in [2.24, 2.45) is 0 Å². The Morgan fingerprint density at radius 3 is 2.16 bits per heavy atom. The van der Waals surface area contributed by atoms with Crippen molar-refractivity contribution >= 4 is 34.1 Å². The Kier molecular flexibility index (Phi) is 3.30. The van der Waals surface area contributed by atoms with Crippen molar-refractivity contribution in [2.45, 2.75) is 12.1 Å². The van der Waals surface area contributed by atoms with Crippen LogP contribution in [-0.2, 0) is 5.92 Å². The van der Waals surface area contributed by atoms with Gasteiger partial charge in [0.2, 0.25) is 5.82 Å². The van der Waals surface area contributed by atoms with Gasteiger partial charge in [0.1, 0.15) is 5.15 Å². The first kappa shape index (κ1) is 14.2. The number of halogens is 7. The molecular formula is C10H3Cl2F5N2. The Morgan fingerprint density at radius 2 is 1.58 bits per heavy atom. The molecule has 0 radical (unpaired) electrons. The minimum absolute atomic E-state index is 0.0934. The maximum Gasteiger partial charge on any atom is 0.461 e. The number of fused-ring (bicyclic) bond motifs is 1. The molecule has 2 aromatic rings. The molecule has 2 rings (SSSR count). The molecule has 0 saturated carbocycles. The molecule has 19 heavy (non-hydrogen) atoms. The molecule has 9 heteroatoms. The fourth-order valence-electron chi connectivity index (χ4n) is 1.33. The zero-order valence-corrected chi connectivity index (χ0v) is 10.3. The maximum absolute atomic E-state index is 13.1. The fraction of sp³-hybridized carbons (Fsp3) is 0.200. The van der Waals surface area contributed by atoms with Crippen molar-refractivity contribution in [1.82, 2.24) is 9.97 Å². The summed E-state index contributed by atoms with van der Waals surface area (Å²) in [6.07, 6.45) is -5.80. The summed E-state index contributed by atoms with van der Waals surface area (Å²) < 4.78 is 62.9. The van der Waals surface area contributed by atoms with E-state index in [0.29, 0.717) is 0 Å². The van der Waals surface area contributed by atoms with Crippen molar-refractivity contribution in [3.63, 3.8) is 0 Å². The lowest BCUT2D eigenvalue weighted by molar-refractivity contribution is -0.292. The van der Waals surface area contributed by atoms with Crippen LogP contribution in [0.4, 0.5) is 22.0 Å². The molecule has 1 aromatic carbocycles. The van der Waals surface area contributed by atoms with Gasteiger partial charge >= 0.3 is 12.1 Å². The van der Waals surface area contributed by atoms with E-state index in [-0.39, 0.29) is 15.9 Å². The normalized spacial score (nSPS) is 13.0. The molecule has 0 unspecified atom stereocenters. The van der Waals surface area contributed by atoms with Gasteiger partial charge in [0.15, 0.2) is 0 Å². The van der Waals surface area contributed by atoms with Crippen molar-refractivity contribution in [1.29, 1.82) is 0 Å². The molecule has 0 aliphatic heterocycles. The molecule has 2 nitrogen and oxygen atoms in total. The first-order valence-electron chi connectivity index (χ1n) is 4.71. The van der Waals surface area contributed by atoms with Crippen LogP contribution in [0.15, 0.2) is 18.2 Å². The predicted octanol–water partition coefficient (Wildman–Crippen LogP) is 4.59. The van der Waals surface area contributed by atoms with Gasteiger partial charge < -0.3 is 0 Å². The van der Waals surface area contributed by atoms with Gasteiger partial charge in [0, 0.05) is 10.4 Å². The van der Waals surface area contributed by atoms with Crippen LogP contribution in [0.1, 0.15) is 5.82 Å². The molecule has 0 amide bonds. The van der Waals surface area contributed by atoms with E-state index in [1.54, 1.807) is 0 Å². The monoisotopic (exact) mass is 316 g/mol. The fourth-order valence-corrected chi connectivity index (χ4v) is 1.73. The highest BCUT2D eigenvalue weighted by Gasteiger charge is 2.61. The van der Waals surface area contributed by atoms with Crippen LogP contribution in [0.3, 0.4) is 0 Å². The number of alkyl halides is 5. The highest BCUT2D eigenvalue weighted by Crippen LogP contribution is 2.43. The third-order valence-electron chi connectivity index (χ3n) is 2.25. The van der Waals surface area contributed by atoms with Crippen LogP contribution in [0.2, 0.25) is 10.2 Å². The Labute approximate surface area is 113 Å². The smallest absolute Gasteiger partial charge is 0.227 e. The summed E-state index contributed by atoms with van der Waals surface area (Å²) in [6, 6.07) is 3.75. The van der Waals surface area contributed by atoms with E-state index in [1.165, 1.54) is 18.2 Å². The van der Waals surface area contributed by atoms with Gasteiger partial charge in [0.25, 0.3) is 0 Å². The van der Waals surface area contributed by atoms with Gasteiger partial charge in [-0.2, -0.15) is 22.0 Å². The van der Waals surface area contributed by atoms with Crippen LogP contribution in [-0.4, -0.2) is 16.1 Å². The van der Waals surface area contributed by atoms with Gasteiger partial charge in [-0.1, -0.05) is 23.2 Å². The summed E-state index contributed by atoms with van der Waals surface area (Å²) in [4.78, 5) is 6.20. The summed E-state index contributed by atoms with van der Waals surface area (Å²) in [5.41, 5.74) is -0.150. The summed E-state index contributed by atoms with van der Waals surface area (Å²) in [6.45, 7) is 0. The molecule has 1 heterocycles. The second-order valence-corrected chi connectivity index (χ2v) is 4.37. The number of hydrogen-bond acceptors (Lipinski definition) is 2. The Morgan fingerprint density at radius 1 is 0.947 bits per heavy atom. The van der Waals surface area contributed by atoms with E-state index in [4.69, 9.17) is 23.2 Å². The van der Waals surface area contributed by atoms with Crippen molar-refractivity contribution < 1.29 is 22.0 Å². The molecule has 0 spiro atoms. The van der Waals surface area contributed by atoms with E-state index in [0.717, 1.165) is 0 Å². The SMILES string of the molecule is FC(F)(F)C(F)(F)c1nc(Cl)c2cc(Cl)ccc2n1. The molecule has 0 aliphatic rings. The Bertz CT molecular complexity index is 642. The van der Waals surface area contributed by atoms with Crippen LogP contribution in [0.5, 0.6) is 0 Å². The van der Waals surface area contributed by atoms with E-state index in [1.807, 2.05) is 0 Å². The predicted molar refractivity (Wildman–Crippen MR) is 59.5 cm³/mol. The molecule has 0 saturated heterocycles. The number of aromatic nitrogens is 2. The van der Waals surface area contributed by atoms with Crippen molar-refractivity contribution in [3.8, 4) is 0 Å². The lowest BCUT2D eigenvalue weighted by Gasteiger charge is -2.18. The molecule has 102 valence electrons. The van der Waals surface area contributed by atoms with Gasteiger partial charge in [-0.05, 0) is 18.2 Å². The zero-order chi connectivity index (χ0) is 14.4. The van der Waals surface area contributed by atoms with Crippen molar-refractivity contribution in [3.05, 3.63) is 34.2 Å². The molecule has 1 aromatic heterocycles. The Hall–Kier alpha value is -1.21. The van der Waals surface area contributed by atoms with E-state index in [9.17, 15) is 22.0 Å². The standard InChI is InChI=1S/C10H3Cl2F5N2/c11-4-1-2-6-5(3-4)7(12)19-8(18-6)9(13,14)10(15,16)17/h1-3H. The van der Waals surface area contributed by atoms with Crippen LogP contribution >= 0.6 is 23.2 Å². The summed E-state index contributed by atoms with van der Waals surface area (Å²) in [5.74, 6) is -6.87. The molecule has 0 bridgehead atoms. The van der Waals surface area contributed by atoms with E-state index in [2.05, 4.69) is 9.97 Å². The van der Waals surface area contributed by atoms with Crippen molar-refractivity contribution in [2.75, 3.05) is 0 Å². The minimum atomic E-state index is -5.80. The minimum Gasteiger partial charge on any atom is -0.227 e. The molecular weight excluding hydrogens is 314 g/mol. The number of rotatable bonds is 1. The maximum atomic E-state index is 13.1. The van der Waals surface area contributed by atoms with Gasteiger partial charge in [-0.3, -0.25) is 0 Å². The lowest BCUT2D eigenvalue weighted by atomic mass is 10.2. The van der Waals surface area contributed by atoms with E-state index >= 15 is 0 Å². The van der Waals surface area contributed by atoms with Crippen LogP contribution < -0.4 is 0 Å². The first-order chi connectivity index (χ1) is 8.63. The summed E-state index contributed by atoms with van der Waals surface area (Å²) in [7, 11) is 0.